The smallest absolute Gasteiger partial charge is 0.407 e. The van der Waals surface area contributed by atoms with E-state index < -0.39 is 0 Å². The Hall–Kier alpha value is -0.740. The van der Waals surface area contributed by atoms with Crippen LogP contribution < -0.4 is 5.32 Å². The number of carbonyl (C=O) groups excluding carboxylic acids is 1. The number of carbonyl (C=O) groups is 1. The molecule has 1 aromatic rings. The van der Waals surface area contributed by atoms with E-state index in [0.29, 0.717) is 6.54 Å². The zero-order chi connectivity index (χ0) is 12.0. The van der Waals surface area contributed by atoms with Crippen LogP contribution in [0, 0.1) is 0 Å². The molecule has 16 heavy (non-hydrogen) atoms. The zero-order valence-corrected chi connectivity index (χ0v) is 11.0. The van der Waals surface area contributed by atoms with Gasteiger partial charge in [0, 0.05) is 6.54 Å². The Labute approximate surface area is 105 Å². The molecule has 1 rings (SSSR count). The highest BCUT2D eigenvalue weighted by atomic mass is 35.5. The van der Waals surface area contributed by atoms with Crippen molar-refractivity contribution in [2.45, 2.75) is 39.3 Å². The molecule has 1 amide bonds. The van der Waals surface area contributed by atoms with E-state index in [1.807, 2.05) is 18.4 Å². The van der Waals surface area contributed by atoms with E-state index >= 15 is 0 Å². The molecule has 0 bridgehead atoms. The second-order valence-electron chi connectivity index (χ2n) is 3.62. The highest BCUT2D eigenvalue weighted by Crippen LogP contribution is 2.19. The number of hydrogen-bond acceptors (Lipinski definition) is 3. The maximum Gasteiger partial charge on any atom is 0.407 e. The fraction of sp³-hybridized carbons (Fsp3) is 0.545. The van der Waals surface area contributed by atoms with Crippen LogP contribution in [0.2, 0.25) is 4.34 Å². The maximum absolute atomic E-state index is 11.3. The number of rotatable bonds is 5. The third kappa shape index (κ3) is 4.86. The molecule has 0 unspecified atom stereocenters. The Morgan fingerprint density at radius 2 is 2.44 bits per heavy atom. The van der Waals surface area contributed by atoms with E-state index in [9.17, 15) is 4.79 Å². The summed E-state index contributed by atoms with van der Waals surface area (Å²) in [5, 5.41) is 4.60. The van der Waals surface area contributed by atoms with Crippen LogP contribution in [-0.2, 0) is 11.3 Å². The SMILES string of the molecule is CCC[C@@H](C)OC(=O)NCc1csc(Cl)c1. The second-order valence-corrected chi connectivity index (χ2v) is 5.16. The van der Waals surface area contributed by atoms with E-state index in [-0.39, 0.29) is 12.2 Å². The van der Waals surface area contributed by atoms with Gasteiger partial charge in [-0.05, 0) is 30.4 Å². The molecule has 1 heterocycles. The van der Waals surface area contributed by atoms with E-state index in [4.69, 9.17) is 16.3 Å². The summed E-state index contributed by atoms with van der Waals surface area (Å²) in [5.41, 5.74) is 0.995. The van der Waals surface area contributed by atoms with Crippen LogP contribution >= 0.6 is 22.9 Å². The normalized spacial score (nSPS) is 12.2. The van der Waals surface area contributed by atoms with E-state index in [1.54, 1.807) is 0 Å². The van der Waals surface area contributed by atoms with Gasteiger partial charge in [-0.1, -0.05) is 24.9 Å². The van der Waals surface area contributed by atoms with Crippen LogP contribution in [0.3, 0.4) is 0 Å². The van der Waals surface area contributed by atoms with Gasteiger partial charge in [0.05, 0.1) is 4.34 Å². The van der Waals surface area contributed by atoms with Gasteiger partial charge in [-0.25, -0.2) is 4.79 Å². The average Bonchev–Trinajstić information content (AvgIpc) is 2.61. The minimum absolute atomic E-state index is 0.0314. The molecule has 0 aliphatic rings. The summed E-state index contributed by atoms with van der Waals surface area (Å²) in [4.78, 5) is 11.3. The Kier molecular flexibility index (Phi) is 5.63. The van der Waals surface area contributed by atoms with Gasteiger partial charge >= 0.3 is 6.09 Å². The Morgan fingerprint density at radius 3 is 3.00 bits per heavy atom. The van der Waals surface area contributed by atoms with Crippen molar-refractivity contribution in [3.05, 3.63) is 21.3 Å². The van der Waals surface area contributed by atoms with Gasteiger partial charge in [-0.3, -0.25) is 0 Å². The highest BCUT2D eigenvalue weighted by molar-refractivity contribution is 7.14. The van der Waals surface area contributed by atoms with Crippen LogP contribution in [0.1, 0.15) is 32.3 Å². The van der Waals surface area contributed by atoms with Crippen LogP contribution in [0.25, 0.3) is 0 Å². The lowest BCUT2D eigenvalue weighted by molar-refractivity contribution is 0.101. The third-order valence-electron chi connectivity index (χ3n) is 2.06. The standard InChI is InChI=1S/C11H16ClNO2S/c1-3-4-8(2)15-11(14)13-6-9-5-10(12)16-7-9/h5,7-8H,3-4,6H2,1-2H3,(H,13,14)/t8-/m1/s1. The van der Waals surface area contributed by atoms with Crippen molar-refractivity contribution in [2.75, 3.05) is 0 Å². The molecule has 0 fully saturated rings. The first-order valence-electron chi connectivity index (χ1n) is 5.29. The number of alkyl carbamates (subject to hydrolysis) is 1. The van der Waals surface area contributed by atoms with Crippen LogP contribution in [0.15, 0.2) is 11.4 Å². The maximum atomic E-state index is 11.3. The highest BCUT2D eigenvalue weighted by Gasteiger charge is 2.08. The van der Waals surface area contributed by atoms with Crippen LogP contribution in [-0.4, -0.2) is 12.2 Å². The third-order valence-corrected chi connectivity index (χ3v) is 3.20. The second kappa shape index (κ2) is 6.76. The lowest BCUT2D eigenvalue weighted by Gasteiger charge is -2.12. The minimum Gasteiger partial charge on any atom is -0.447 e. The van der Waals surface area contributed by atoms with E-state index in [1.165, 1.54) is 11.3 Å². The molecule has 0 radical (unpaired) electrons. The van der Waals surface area contributed by atoms with Gasteiger partial charge in [0.25, 0.3) is 0 Å². The van der Waals surface area contributed by atoms with E-state index in [2.05, 4.69) is 12.2 Å². The molecule has 0 spiro atoms. The van der Waals surface area contributed by atoms with E-state index in [0.717, 1.165) is 22.7 Å². The lowest BCUT2D eigenvalue weighted by Crippen LogP contribution is -2.27. The van der Waals surface area contributed by atoms with Crippen LogP contribution in [0.5, 0.6) is 0 Å². The van der Waals surface area contributed by atoms with Crippen molar-refractivity contribution in [1.29, 1.82) is 0 Å². The fourth-order valence-corrected chi connectivity index (χ4v) is 2.21. The molecule has 0 saturated carbocycles. The summed E-state index contributed by atoms with van der Waals surface area (Å²) in [6, 6.07) is 1.84. The molecule has 0 saturated heterocycles. The summed E-state index contributed by atoms with van der Waals surface area (Å²) < 4.78 is 5.87. The number of hydrogen-bond donors (Lipinski definition) is 1. The number of halogens is 1. The molecule has 1 aromatic heterocycles. The average molecular weight is 262 g/mol. The van der Waals surface area contributed by atoms with Gasteiger partial charge in [0.2, 0.25) is 0 Å². The summed E-state index contributed by atoms with van der Waals surface area (Å²) in [6.45, 7) is 4.41. The van der Waals surface area contributed by atoms with Crippen molar-refractivity contribution < 1.29 is 9.53 Å². The predicted molar refractivity (Wildman–Crippen MR) is 67.0 cm³/mol. The van der Waals surface area contributed by atoms with Gasteiger partial charge in [0.15, 0.2) is 0 Å². The molecule has 1 N–H and O–H groups in total. The first-order valence-corrected chi connectivity index (χ1v) is 6.55. The molecular weight excluding hydrogens is 246 g/mol. The molecule has 0 aliphatic carbocycles. The van der Waals surface area contributed by atoms with Gasteiger partial charge in [-0.2, -0.15) is 0 Å². The first-order chi connectivity index (χ1) is 7.61. The van der Waals surface area contributed by atoms with Gasteiger partial charge in [-0.15, -0.1) is 11.3 Å². The Balaban J connectivity index is 2.25. The first kappa shape index (κ1) is 13.3. The Bertz CT molecular complexity index is 340. The quantitative estimate of drug-likeness (QED) is 0.875. The van der Waals surface area contributed by atoms with Crippen molar-refractivity contribution in [3.8, 4) is 0 Å². The summed E-state index contributed by atoms with van der Waals surface area (Å²) in [6.07, 6.45) is 1.49. The number of ether oxygens (including phenoxy) is 1. The largest absolute Gasteiger partial charge is 0.447 e. The predicted octanol–water partition coefficient (Wildman–Crippen LogP) is 3.82. The summed E-state index contributed by atoms with van der Waals surface area (Å²) in [5.74, 6) is 0. The molecule has 0 aliphatic heterocycles. The number of nitrogens with one attached hydrogen (secondary N) is 1. The fourth-order valence-electron chi connectivity index (χ4n) is 1.30. The minimum atomic E-state index is -0.372. The van der Waals surface area contributed by atoms with Gasteiger partial charge in [0.1, 0.15) is 6.10 Å². The molecule has 90 valence electrons. The summed E-state index contributed by atoms with van der Waals surface area (Å²) in [7, 11) is 0. The van der Waals surface area contributed by atoms with Gasteiger partial charge < -0.3 is 10.1 Å². The zero-order valence-electron chi connectivity index (χ0n) is 9.46. The Morgan fingerprint density at radius 1 is 1.69 bits per heavy atom. The van der Waals surface area contributed by atoms with Crippen molar-refractivity contribution in [1.82, 2.24) is 5.32 Å². The molecule has 0 aromatic carbocycles. The monoisotopic (exact) mass is 261 g/mol. The van der Waals surface area contributed by atoms with Crippen molar-refractivity contribution >= 4 is 29.0 Å². The van der Waals surface area contributed by atoms with Crippen LogP contribution in [0.4, 0.5) is 4.79 Å². The molecule has 3 nitrogen and oxygen atoms in total. The number of amides is 1. The van der Waals surface area contributed by atoms with Crippen molar-refractivity contribution in [2.24, 2.45) is 0 Å². The van der Waals surface area contributed by atoms with Crippen molar-refractivity contribution in [3.63, 3.8) is 0 Å². The summed E-state index contributed by atoms with van der Waals surface area (Å²) >= 11 is 7.23. The molecule has 1 atom stereocenters. The number of thiophene rings is 1. The topological polar surface area (TPSA) is 38.3 Å². The molecular formula is C11H16ClNO2S. The molecule has 5 heteroatoms. The lowest BCUT2D eigenvalue weighted by atomic mass is 10.2.